The monoisotopic (exact) mass is 229 g/mol. The van der Waals surface area contributed by atoms with Gasteiger partial charge in [-0.2, -0.15) is 0 Å². The molecular weight excluding hydrogens is 202 g/mol. The molecule has 1 heterocycles. The molecule has 96 valence electrons. The Hall–Kier alpha value is -0.120. The van der Waals surface area contributed by atoms with Crippen LogP contribution in [0.3, 0.4) is 0 Å². The minimum absolute atomic E-state index is 0.144. The summed E-state index contributed by atoms with van der Waals surface area (Å²) in [6.45, 7) is 6.86. The Morgan fingerprint density at radius 1 is 1.31 bits per heavy atom. The largest absolute Gasteiger partial charge is 0.396 e. The maximum atomic E-state index is 9.37. The maximum absolute atomic E-state index is 9.37. The number of aliphatic hydroxyl groups is 1. The third-order valence-electron chi connectivity index (χ3n) is 3.56. The minimum Gasteiger partial charge on any atom is -0.396 e. The van der Waals surface area contributed by atoms with E-state index < -0.39 is 0 Å². The van der Waals surface area contributed by atoms with Crippen molar-refractivity contribution in [2.45, 2.75) is 39.0 Å². The Bertz CT molecular complexity index is 187. The molecule has 0 amide bonds. The zero-order valence-corrected chi connectivity index (χ0v) is 10.9. The standard InChI is InChI=1S/C13H27NO2/c1-13(12-15)7-6-9-14(11-13)8-4-3-5-10-16-2/h15H,3-12H2,1-2H3. The lowest BCUT2D eigenvalue weighted by Crippen LogP contribution is -2.43. The van der Waals surface area contributed by atoms with Crippen LogP contribution in [0.4, 0.5) is 0 Å². The van der Waals surface area contributed by atoms with Crippen molar-refractivity contribution in [3.63, 3.8) is 0 Å². The zero-order valence-electron chi connectivity index (χ0n) is 10.9. The van der Waals surface area contributed by atoms with Crippen molar-refractivity contribution < 1.29 is 9.84 Å². The summed E-state index contributed by atoms with van der Waals surface area (Å²) in [7, 11) is 1.76. The molecule has 1 saturated heterocycles. The van der Waals surface area contributed by atoms with Crippen LogP contribution in [0.15, 0.2) is 0 Å². The van der Waals surface area contributed by atoms with E-state index in [9.17, 15) is 5.11 Å². The number of piperidine rings is 1. The van der Waals surface area contributed by atoms with Gasteiger partial charge in [0, 0.05) is 32.3 Å². The number of ether oxygens (including phenoxy) is 1. The van der Waals surface area contributed by atoms with E-state index in [1.54, 1.807) is 7.11 Å². The smallest absolute Gasteiger partial charge is 0.0497 e. The molecule has 1 aliphatic rings. The number of methoxy groups -OCH3 is 1. The van der Waals surface area contributed by atoms with Crippen molar-refractivity contribution in [3.8, 4) is 0 Å². The van der Waals surface area contributed by atoms with Crippen LogP contribution in [0.5, 0.6) is 0 Å². The molecule has 0 aromatic carbocycles. The molecule has 1 unspecified atom stereocenters. The molecule has 0 aromatic rings. The van der Waals surface area contributed by atoms with Gasteiger partial charge in [-0.05, 0) is 45.2 Å². The first-order valence-electron chi connectivity index (χ1n) is 6.52. The normalized spacial score (nSPS) is 27.2. The fourth-order valence-electron chi connectivity index (χ4n) is 2.51. The van der Waals surface area contributed by atoms with Gasteiger partial charge in [0.2, 0.25) is 0 Å². The van der Waals surface area contributed by atoms with Crippen LogP contribution >= 0.6 is 0 Å². The first kappa shape index (κ1) is 13.9. The number of hydrogen-bond donors (Lipinski definition) is 1. The molecule has 3 nitrogen and oxygen atoms in total. The Balaban J connectivity index is 2.12. The van der Waals surface area contributed by atoms with Gasteiger partial charge in [0.15, 0.2) is 0 Å². The first-order chi connectivity index (χ1) is 7.70. The highest BCUT2D eigenvalue weighted by atomic mass is 16.5. The summed E-state index contributed by atoms with van der Waals surface area (Å²) in [4.78, 5) is 2.51. The maximum Gasteiger partial charge on any atom is 0.0497 e. The number of likely N-dealkylation sites (tertiary alicyclic amines) is 1. The predicted octanol–water partition coefficient (Wildman–Crippen LogP) is 1.90. The zero-order chi connectivity index (χ0) is 11.9. The molecule has 1 atom stereocenters. The third kappa shape index (κ3) is 4.81. The molecule has 3 heteroatoms. The molecule has 1 rings (SSSR count). The molecule has 16 heavy (non-hydrogen) atoms. The van der Waals surface area contributed by atoms with E-state index in [1.807, 2.05) is 0 Å². The van der Waals surface area contributed by atoms with Gasteiger partial charge >= 0.3 is 0 Å². The summed E-state index contributed by atoms with van der Waals surface area (Å²) in [6, 6.07) is 0. The van der Waals surface area contributed by atoms with Gasteiger partial charge in [0.05, 0.1) is 0 Å². The average molecular weight is 229 g/mol. The van der Waals surface area contributed by atoms with Gasteiger partial charge in [0.1, 0.15) is 0 Å². The van der Waals surface area contributed by atoms with Crippen molar-refractivity contribution in [1.82, 2.24) is 4.90 Å². The number of rotatable bonds is 7. The van der Waals surface area contributed by atoms with Crippen LogP contribution in [0, 0.1) is 5.41 Å². The summed E-state index contributed by atoms with van der Waals surface area (Å²) < 4.78 is 5.04. The SMILES string of the molecule is COCCCCCN1CCCC(C)(CO)C1. The second-order valence-electron chi connectivity index (χ2n) is 5.40. The highest BCUT2D eigenvalue weighted by Gasteiger charge is 2.29. The van der Waals surface area contributed by atoms with Gasteiger partial charge in [-0.3, -0.25) is 0 Å². The Kier molecular flexibility index (Phi) is 6.32. The molecular formula is C13H27NO2. The van der Waals surface area contributed by atoms with E-state index in [2.05, 4.69) is 11.8 Å². The molecule has 0 aliphatic carbocycles. The van der Waals surface area contributed by atoms with Gasteiger partial charge in [-0.15, -0.1) is 0 Å². The predicted molar refractivity (Wildman–Crippen MR) is 66.6 cm³/mol. The number of nitrogens with zero attached hydrogens (tertiary/aromatic N) is 1. The van der Waals surface area contributed by atoms with E-state index in [0.29, 0.717) is 6.61 Å². The average Bonchev–Trinajstić information content (AvgIpc) is 2.29. The number of aliphatic hydroxyl groups excluding tert-OH is 1. The van der Waals surface area contributed by atoms with Crippen LogP contribution in [0.1, 0.15) is 39.0 Å². The summed E-state index contributed by atoms with van der Waals surface area (Å²) >= 11 is 0. The van der Waals surface area contributed by atoms with E-state index in [1.165, 1.54) is 45.2 Å². The molecule has 0 spiro atoms. The summed E-state index contributed by atoms with van der Waals surface area (Å²) in [5, 5.41) is 9.37. The van der Waals surface area contributed by atoms with Crippen LogP contribution in [0.2, 0.25) is 0 Å². The van der Waals surface area contributed by atoms with Crippen molar-refractivity contribution in [2.75, 3.05) is 40.0 Å². The Morgan fingerprint density at radius 3 is 2.81 bits per heavy atom. The van der Waals surface area contributed by atoms with E-state index in [0.717, 1.165) is 13.2 Å². The van der Waals surface area contributed by atoms with Crippen molar-refractivity contribution >= 4 is 0 Å². The number of hydrogen-bond acceptors (Lipinski definition) is 3. The second kappa shape index (κ2) is 7.25. The highest BCUT2D eigenvalue weighted by molar-refractivity contribution is 4.82. The van der Waals surface area contributed by atoms with E-state index in [-0.39, 0.29) is 5.41 Å². The van der Waals surface area contributed by atoms with E-state index in [4.69, 9.17) is 4.74 Å². The molecule has 0 saturated carbocycles. The quantitative estimate of drug-likeness (QED) is 0.677. The fraction of sp³-hybridized carbons (Fsp3) is 1.00. The molecule has 1 N–H and O–H groups in total. The van der Waals surface area contributed by atoms with Crippen molar-refractivity contribution in [1.29, 1.82) is 0 Å². The third-order valence-corrected chi connectivity index (χ3v) is 3.56. The van der Waals surface area contributed by atoms with Crippen molar-refractivity contribution in [2.24, 2.45) is 5.41 Å². The lowest BCUT2D eigenvalue weighted by atomic mass is 9.83. The van der Waals surface area contributed by atoms with Gasteiger partial charge in [-0.25, -0.2) is 0 Å². The van der Waals surface area contributed by atoms with Gasteiger partial charge < -0.3 is 14.7 Å². The fourth-order valence-corrected chi connectivity index (χ4v) is 2.51. The Labute approximate surface area is 99.8 Å². The number of unbranched alkanes of at least 4 members (excludes halogenated alkanes) is 2. The van der Waals surface area contributed by atoms with Crippen LogP contribution in [0.25, 0.3) is 0 Å². The lowest BCUT2D eigenvalue weighted by molar-refractivity contribution is 0.0456. The van der Waals surface area contributed by atoms with Crippen LogP contribution in [-0.4, -0.2) is 50.0 Å². The van der Waals surface area contributed by atoms with Crippen LogP contribution in [-0.2, 0) is 4.74 Å². The van der Waals surface area contributed by atoms with Crippen molar-refractivity contribution in [3.05, 3.63) is 0 Å². The summed E-state index contributed by atoms with van der Waals surface area (Å²) in [5.74, 6) is 0. The van der Waals surface area contributed by atoms with E-state index >= 15 is 0 Å². The minimum atomic E-state index is 0.144. The topological polar surface area (TPSA) is 32.7 Å². The molecule has 1 fully saturated rings. The molecule has 1 aliphatic heterocycles. The Morgan fingerprint density at radius 2 is 2.12 bits per heavy atom. The summed E-state index contributed by atoms with van der Waals surface area (Å²) in [5.41, 5.74) is 0.144. The molecule has 0 radical (unpaired) electrons. The lowest BCUT2D eigenvalue weighted by Gasteiger charge is -2.39. The highest BCUT2D eigenvalue weighted by Crippen LogP contribution is 2.28. The molecule has 0 bridgehead atoms. The first-order valence-corrected chi connectivity index (χ1v) is 6.52. The summed E-state index contributed by atoms with van der Waals surface area (Å²) in [6.07, 6.45) is 6.07. The second-order valence-corrected chi connectivity index (χ2v) is 5.40. The van der Waals surface area contributed by atoms with Crippen LogP contribution < -0.4 is 0 Å². The van der Waals surface area contributed by atoms with Gasteiger partial charge in [0.25, 0.3) is 0 Å². The van der Waals surface area contributed by atoms with Gasteiger partial charge in [-0.1, -0.05) is 6.92 Å². The molecule has 0 aromatic heterocycles.